The molecule has 0 radical (unpaired) electrons. The lowest BCUT2D eigenvalue weighted by Crippen LogP contribution is -2.40. The Morgan fingerprint density at radius 1 is 1.61 bits per heavy atom. The maximum Gasteiger partial charge on any atom is 0.273 e. The Bertz CT molecular complexity index is 572. The van der Waals surface area contributed by atoms with Gasteiger partial charge in [-0.15, -0.1) is 0 Å². The Morgan fingerprint density at radius 2 is 2.50 bits per heavy atom. The first-order valence-corrected chi connectivity index (χ1v) is 5.97. The van der Waals surface area contributed by atoms with Gasteiger partial charge in [-0.3, -0.25) is 9.48 Å². The van der Waals surface area contributed by atoms with E-state index in [1.807, 2.05) is 10.7 Å². The molecule has 18 heavy (non-hydrogen) atoms. The van der Waals surface area contributed by atoms with Gasteiger partial charge in [0.2, 0.25) is 0 Å². The van der Waals surface area contributed by atoms with Crippen LogP contribution in [0.4, 0.5) is 0 Å². The summed E-state index contributed by atoms with van der Waals surface area (Å²) < 4.78 is 6.87. The van der Waals surface area contributed by atoms with Crippen LogP contribution in [0.3, 0.4) is 0 Å². The van der Waals surface area contributed by atoms with Crippen molar-refractivity contribution in [3.8, 4) is 0 Å². The fourth-order valence-electron chi connectivity index (χ4n) is 2.22. The molecule has 1 atom stereocenters. The van der Waals surface area contributed by atoms with Gasteiger partial charge in [-0.25, -0.2) is 0 Å². The van der Waals surface area contributed by atoms with Crippen molar-refractivity contribution >= 4 is 5.91 Å². The summed E-state index contributed by atoms with van der Waals surface area (Å²) in [5.74, 6) is 0.465. The molecule has 2 aromatic heterocycles. The van der Waals surface area contributed by atoms with Gasteiger partial charge in [-0.05, 0) is 19.4 Å². The van der Waals surface area contributed by atoms with Crippen LogP contribution in [0.2, 0.25) is 0 Å². The van der Waals surface area contributed by atoms with Gasteiger partial charge in [0.15, 0.2) is 5.69 Å². The molecule has 2 aromatic rings. The van der Waals surface area contributed by atoms with Gasteiger partial charge >= 0.3 is 0 Å². The zero-order chi connectivity index (χ0) is 12.5. The molecule has 6 nitrogen and oxygen atoms in total. The standard InChI is InChI=1S/C12H14N4O2/c1-8-6-11(15-18-8)12(17)14-9-3-5-16-10(7-9)2-4-13-16/h2,4,6,9H,3,5,7H2,1H3,(H,14,17). The third-order valence-electron chi connectivity index (χ3n) is 3.15. The predicted octanol–water partition coefficient (Wildman–Crippen LogP) is 0.924. The van der Waals surface area contributed by atoms with Gasteiger partial charge in [0.05, 0.1) is 0 Å². The summed E-state index contributed by atoms with van der Waals surface area (Å²) in [5, 5.41) is 10.9. The van der Waals surface area contributed by atoms with E-state index in [0.717, 1.165) is 25.1 Å². The number of aromatic nitrogens is 3. The fraction of sp³-hybridized carbons (Fsp3) is 0.417. The number of aryl methyl sites for hydroxylation is 2. The van der Waals surface area contributed by atoms with E-state index in [1.54, 1.807) is 19.2 Å². The summed E-state index contributed by atoms with van der Waals surface area (Å²) in [6, 6.07) is 3.76. The predicted molar refractivity (Wildman–Crippen MR) is 63.0 cm³/mol. The molecule has 0 bridgehead atoms. The summed E-state index contributed by atoms with van der Waals surface area (Å²) in [7, 11) is 0. The first-order valence-electron chi connectivity index (χ1n) is 5.97. The summed E-state index contributed by atoms with van der Waals surface area (Å²) in [5.41, 5.74) is 1.49. The van der Waals surface area contributed by atoms with Crippen molar-refractivity contribution in [1.29, 1.82) is 0 Å². The van der Waals surface area contributed by atoms with E-state index in [9.17, 15) is 4.79 Å². The van der Waals surface area contributed by atoms with E-state index in [0.29, 0.717) is 11.5 Å². The van der Waals surface area contributed by atoms with Gasteiger partial charge in [-0.1, -0.05) is 5.16 Å². The van der Waals surface area contributed by atoms with E-state index in [2.05, 4.69) is 15.6 Å². The molecule has 0 spiro atoms. The molecule has 3 heterocycles. The molecule has 1 unspecified atom stereocenters. The number of carbonyl (C=O) groups is 1. The molecule has 1 amide bonds. The van der Waals surface area contributed by atoms with Gasteiger partial charge in [0, 0.05) is 37.0 Å². The van der Waals surface area contributed by atoms with Crippen LogP contribution in [-0.2, 0) is 13.0 Å². The van der Waals surface area contributed by atoms with Crippen LogP contribution in [0.25, 0.3) is 0 Å². The van der Waals surface area contributed by atoms with Crippen LogP contribution in [0, 0.1) is 6.92 Å². The quantitative estimate of drug-likeness (QED) is 0.855. The van der Waals surface area contributed by atoms with Crippen molar-refractivity contribution in [3.63, 3.8) is 0 Å². The second-order valence-corrected chi connectivity index (χ2v) is 4.53. The topological polar surface area (TPSA) is 73.0 Å². The lowest BCUT2D eigenvalue weighted by atomic mass is 10.0. The van der Waals surface area contributed by atoms with Crippen molar-refractivity contribution in [1.82, 2.24) is 20.3 Å². The third-order valence-corrected chi connectivity index (χ3v) is 3.15. The lowest BCUT2D eigenvalue weighted by Gasteiger charge is -2.23. The molecule has 94 valence electrons. The number of amides is 1. The molecular weight excluding hydrogens is 232 g/mol. The zero-order valence-electron chi connectivity index (χ0n) is 10.1. The molecular formula is C12H14N4O2. The minimum absolute atomic E-state index is 0.138. The maximum absolute atomic E-state index is 11.9. The average molecular weight is 246 g/mol. The molecule has 1 aliphatic rings. The molecule has 6 heteroatoms. The molecule has 0 aromatic carbocycles. The molecule has 1 N–H and O–H groups in total. The Balaban J connectivity index is 1.66. The molecule has 0 fully saturated rings. The van der Waals surface area contributed by atoms with E-state index >= 15 is 0 Å². The summed E-state index contributed by atoms with van der Waals surface area (Å²) in [6.45, 7) is 2.61. The molecule has 0 saturated heterocycles. The second kappa shape index (κ2) is 4.29. The number of hydrogen-bond donors (Lipinski definition) is 1. The van der Waals surface area contributed by atoms with Crippen LogP contribution in [0.15, 0.2) is 22.9 Å². The van der Waals surface area contributed by atoms with Crippen molar-refractivity contribution in [2.75, 3.05) is 0 Å². The van der Waals surface area contributed by atoms with E-state index in [4.69, 9.17) is 4.52 Å². The van der Waals surface area contributed by atoms with Crippen LogP contribution in [0.5, 0.6) is 0 Å². The summed E-state index contributed by atoms with van der Waals surface area (Å²) in [4.78, 5) is 11.9. The number of nitrogens with zero attached hydrogens (tertiary/aromatic N) is 3. The Hall–Kier alpha value is -2.11. The zero-order valence-corrected chi connectivity index (χ0v) is 10.1. The number of carbonyl (C=O) groups excluding carboxylic acids is 1. The highest BCUT2D eigenvalue weighted by molar-refractivity contribution is 5.92. The molecule has 0 aliphatic carbocycles. The highest BCUT2D eigenvalue weighted by Crippen LogP contribution is 2.14. The first-order chi connectivity index (χ1) is 8.72. The van der Waals surface area contributed by atoms with E-state index in [-0.39, 0.29) is 11.9 Å². The van der Waals surface area contributed by atoms with Crippen molar-refractivity contribution < 1.29 is 9.32 Å². The number of fused-ring (bicyclic) bond motifs is 1. The van der Waals surface area contributed by atoms with Crippen LogP contribution in [0.1, 0.15) is 28.4 Å². The van der Waals surface area contributed by atoms with Crippen LogP contribution >= 0.6 is 0 Å². The number of hydrogen-bond acceptors (Lipinski definition) is 4. The van der Waals surface area contributed by atoms with Crippen LogP contribution < -0.4 is 5.32 Å². The summed E-state index contributed by atoms with van der Waals surface area (Å²) in [6.07, 6.45) is 3.49. The lowest BCUT2D eigenvalue weighted by molar-refractivity contribution is 0.0921. The van der Waals surface area contributed by atoms with Gasteiger partial charge in [0.25, 0.3) is 5.91 Å². The van der Waals surface area contributed by atoms with Crippen molar-refractivity contribution in [3.05, 3.63) is 35.5 Å². The minimum atomic E-state index is -0.176. The summed E-state index contributed by atoms with van der Waals surface area (Å²) >= 11 is 0. The highest BCUT2D eigenvalue weighted by Gasteiger charge is 2.22. The van der Waals surface area contributed by atoms with Crippen LogP contribution in [-0.4, -0.2) is 26.9 Å². The number of rotatable bonds is 2. The monoisotopic (exact) mass is 246 g/mol. The molecule has 0 saturated carbocycles. The fourth-order valence-corrected chi connectivity index (χ4v) is 2.22. The van der Waals surface area contributed by atoms with E-state index in [1.165, 1.54) is 0 Å². The second-order valence-electron chi connectivity index (χ2n) is 4.53. The van der Waals surface area contributed by atoms with Gasteiger partial charge < -0.3 is 9.84 Å². The maximum atomic E-state index is 11.9. The third kappa shape index (κ3) is 2.01. The Labute approximate surface area is 104 Å². The highest BCUT2D eigenvalue weighted by atomic mass is 16.5. The van der Waals surface area contributed by atoms with E-state index < -0.39 is 0 Å². The Morgan fingerprint density at radius 3 is 3.28 bits per heavy atom. The van der Waals surface area contributed by atoms with Gasteiger partial charge in [-0.2, -0.15) is 5.10 Å². The molecule has 3 rings (SSSR count). The SMILES string of the molecule is Cc1cc(C(=O)NC2CCn3nccc3C2)no1. The van der Waals surface area contributed by atoms with Crippen molar-refractivity contribution in [2.45, 2.75) is 32.4 Å². The Kier molecular flexibility index (Phi) is 2.62. The smallest absolute Gasteiger partial charge is 0.273 e. The average Bonchev–Trinajstić information content (AvgIpc) is 2.96. The van der Waals surface area contributed by atoms with Crippen molar-refractivity contribution in [2.24, 2.45) is 0 Å². The minimum Gasteiger partial charge on any atom is -0.361 e. The largest absolute Gasteiger partial charge is 0.361 e. The first kappa shape index (κ1) is 11.0. The molecule has 1 aliphatic heterocycles. The number of nitrogens with one attached hydrogen (secondary N) is 1. The van der Waals surface area contributed by atoms with Gasteiger partial charge in [0.1, 0.15) is 5.76 Å². The normalized spacial score (nSPS) is 18.4.